The van der Waals surface area contributed by atoms with Crippen molar-refractivity contribution < 1.29 is 13.2 Å². The summed E-state index contributed by atoms with van der Waals surface area (Å²) < 4.78 is 38.7. The summed E-state index contributed by atoms with van der Waals surface area (Å²) in [7, 11) is -2.29. The fourth-order valence-corrected chi connectivity index (χ4v) is 9.26. The molecule has 0 unspecified atom stereocenters. The summed E-state index contributed by atoms with van der Waals surface area (Å²) >= 11 is 0. The molecule has 0 radical (unpaired) electrons. The Morgan fingerprint density at radius 3 is 1.62 bits per heavy atom. The number of rotatable bonds is 5. The summed E-state index contributed by atoms with van der Waals surface area (Å²) in [6, 6.07) is 21.4. The predicted molar refractivity (Wildman–Crippen MR) is 107 cm³/mol. The van der Waals surface area contributed by atoms with E-state index in [4.69, 9.17) is 0 Å². The molecule has 0 spiro atoms. The molecule has 4 heteroatoms. The highest BCUT2D eigenvalue weighted by Gasteiger charge is 2.46. The minimum atomic E-state index is -4.24. The lowest BCUT2D eigenvalue weighted by molar-refractivity contribution is -0.0915. The quantitative estimate of drug-likeness (QED) is 0.447. The van der Waals surface area contributed by atoms with Crippen molar-refractivity contribution in [2.75, 3.05) is 0 Å². The van der Waals surface area contributed by atoms with Gasteiger partial charge in [0.05, 0.1) is 0 Å². The van der Waals surface area contributed by atoms with Crippen molar-refractivity contribution in [3.8, 4) is 0 Å². The predicted octanol–water partition coefficient (Wildman–Crippen LogP) is 5.95. The van der Waals surface area contributed by atoms with E-state index in [9.17, 15) is 13.2 Å². The fourth-order valence-electron chi connectivity index (χ4n) is 3.76. The lowest BCUT2D eigenvalue weighted by Gasteiger charge is -2.44. The third-order valence-electron chi connectivity index (χ3n) is 5.23. The van der Waals surface area contributed by atoms with Gasteiger partial charge in [0.15, 0.2) is 0 Å². The summed E-state index contributed by atoms with van der Waals surface area (Å²) in [5, 5.41) is 2.52. The van der Waals surface area contributed by atoms with Crippen LogP contribution in [0.5, 0.6) is 0 Å². The van der Waals surface area contributed by atoms with E-state index in [1.807, 2.05) is 36.4 Å². The molecule has 2 aromatic rings. The molecule has 140 valence electrons. The van der Waals surface area contributed by atoms with E-state index in [1.54, 1.807) is 0 Å². The summed E-state index contributed by atoms with van der Waals surface area (Å²) in [6.45, 7) is 7.82. The Morgan fingerprint density at radius 1 is 0.846 bits per heavy atom. The second-order valence-electron chi connectivity index (χ2n) is 7.81. The van der Waals surface area contributed by atoms with Crippen LogP contribution in [-0.4, -0.2) is 14.3 Å². The molecule has 0 amide bonds. The van der Waals surface area contributed by atoms with Gasteiger partial charge in [-0.25, -0.2) is 0 Å². The fraction of sp³-hybridized carbons (Fsp3) is 0.364. The zero-order valence-corrected chi connectivity index (χ0v) is 16.9. The van der Waals surface area contributed by atoms with E-state index in [1.165, 1.54) is 16.4 Å². The number of hydrogen-bond donors (Lipinski definition) is 0. The summed E-state index contributed by atoms with van der Waals surface area (Å²) in [6.07, 6.45) is -2.45. The zero-order chi connectivity index (χ0) is 19.4. The lowest BCUT2D eigenvalue weighted by atomic mass is 10.2. The van der Waals surface area contributed by atoms with Crippen molar-refractivity contribution in [1.29, 1.82) is 0 Å². The molecule has 0 fully saturated rings. The topological polar surface area (TPSA) is 0 Å². The maximum absolute atomic E-state index is 12.9. The van der Waals surface area contributed by atoms with Gasteiger partial charge in [0.2, 0.25) is 0 Å². The molecular weight excluding hydrogens is 349 g/mol. The van der Waals surface area contributed by atoms with E-state index >= 15 is 0 Å². The molecule has 0 bridgehead atoms. The Bertz CT molecular complexity index is 686. The van der Waals surface area contributed by atoms with Crippen LogP contribution in [0.15, 0.2) is 72.3 Å². The summed E-state index contributed by atoms with van der Waals surface area (Å²) in [5.41, 5.74) is -0.504. The average molecular weight is 377 g/mol. The van der Waals surface area contributed by atoms with Crippen LogP contribution in [-0.2, 0) is 0 Å². The molecular formula is C22H27F3Si. The molecule has 2 rings (SSSR count). The molecule has 26 heavy (non-hydrogen) atoms. The van der Waals surface area contributed by atoms with Gasteiger partial charge in [-0.2, -0.15) is 13.2 Å². The molecule has 0 aliphatic heterocycles. The first-order chi connectivity index (χ1) is 12.1. The normalized spacial score (nSPS) is 13.7. The standard InChI is InChI=1S/C22H27F3Si/c1-18(22(23,24)25)12-11-17-26(21(2,3)4,19-13-7-5-8-14-19)20-15-9-6-10-16-20/h5-10,12-16H,11,17H2,1-4H3/b18-12-. The molecule has 0 saturated carbocycles. The van der Waals surface area contributed by atoms with Crippen molar-refractivity contribution in [2.24, 2.45) is 0 Å². The Morgan fingerprint density at radius 2 is 1.27 bits per heavy atom. The Hall–Kier alpha value is -1.81. The molecule has 2 aromatic carbocycles. The Kier molecular flexibility index (Phi) is 6.17. The molecule has 0 aliphatic carbocycles. The molecule has 0 atom stereocenters. The molecule has 0 heterocycles. The number of alkyl halides is 3. The first-order valence-corrected chi connectivity index (χ1v) is 11.1. The van der Waals surface area contributed by atoms with Gasteiger partial charge < -0.3 is 0 Å². The van der Waals surface area contributed by atoms with Crippen LogP contribution in [0.4, 0.5) is 13.2 Å². The van der Waals surface area contributed by atoms with Crippen molar-refractivity contribution in [1.82, 2.24) is 0 Å². The maximum atomic E-state index is 12.9. The van der Waals surface area contributed by atoms with E-state index in [-0.39, 0.29) is 5.04 Å². The average Bonchev–Trinajstić information content (AvgIpc) is 2.58. The largest absolute Gasteiger partial charge is 0.412 e. The highest BCUT2D eigenvalue weighted by molar-refractivity contribution is 7.04. The van der Waals surface area contributed by atoms with Gasteiger partial charge >= 0.3 is 6.18 Å². The van der Waals surface area contributed by atoms with Crippen LogP contribution in [0.25, 0.3) is 0 Å². The van der Waals surface area contributed by atoms with Crippen LogP contribution in [0.1, 0.15) is 34.1 Å². The third-order valence-corrected chi connectivity index (χ3v) is 11.5. The van der Waals surface area contributed by atoms with Crippen molar-refractivity contribution >= 4 is 18.4 Å². The second kappa shape index (κ2) is 7.83. The minimum absolute atomic E-state index is 0.0321. The van der Waals surface area contributed by atoms with Gasteiger partial charge in [-0.3, -0.25) is 0 Å². The van der Waals surface area contributed by atoms with Crippen molar-refractivity contribution in [2.45, 2.75) is 51.4 Å². The zero-order valence-electron chi connectivity index (χ0n) is 15.9. The van der Waals surface area contributed by atoms with E-state index in [0.29, 0.717) is 6.42 Å². The van der Waals surface area contributed by atoms with Crippen LogP contribution < -0.4 is 10.4 Å². The number of halogens is 3. The molecule has 0 N–H and O–H groups in total. The molecule has 0 nitrogen and oxygen atoms in total. The smallest absolute Gasteiger partial charge is 0.167 e. The highest BCUT2D eigenvalue weighted by Crippen LogP contribution is 2.39. The first kappa shape index (κ1) is 20.5. The van der Waals surface area contributed by atoms with Crippen LogP contribution in [0.2, 0.25) is 11.1 Å². The van der Waals surface area contributed by atoms with Gasteiger partial charge in [-0.1, -0.05) is 97.9 Å². The minimum Gasteiger partial charge on any atom is -0.167 e. The van der Waals surface area contributed by atoms with Crippen LogP contribution in [0, 0.1) is 0 Å². The lowest BCUT2D eigenvalue weighted by Crippen LogP contribution is -2.64. The SMILES string of the molecule is C/C(=C/CC[Si](c1ccccc1)(c1ccccc1)C(C)(C)C)C(F)(F)F. The number of benzene rings is 2. The van der Waals surface area contributed by atoms with Gasteiger partial charge in [-0.15, -0.1) is 0 Å². The van der Waals surface area contributed by atoms with Crippen molar-refractivity contribution in [3.05, 3.63) is 72.3 Å². The Balaban J connectivity index is 2.54. The van der Waals surface area contributed by atoms with E-state index < -0.39 is 19.8 Å². The van der Waals surface area contributed by atoms with E-state index in [0.717, 1.165) is 13.0 Å². The highest BCUT2D eigenvalue weighted by atomic mass is 28.3. The summed E-state index contributed by atoms with van der Waals surface area (Å²) in [5.74, 6) is 0. The van der Waals surface area contributed by atoms with E-state index in [2.05, 4.69) is 45.0 Å². The molecule has 0 aliphatic rings. The monoisotopic (exact) mass is 376 g/mol. The van der Waals surface area contributed by atoms with Gasteiger partial charge in [0.1, 0.15) is 8.07 Å². The van der Waals surface area contributed by atoms with Crippen LogP contribution >= 0.6 is 0 Å². The first-order valence-electron chi connectivity index (χ1n) is 8.94. The molecule has 0 aromatic heterocycles. The van der Waals surface area contributed by atoms with Gasteiger partial charge in [-0.05, 0) is 24.4 Å². The van der Waals surface area contributed by atoms with Crippen molar-refractivity contribution in [3.63, 3.8) is 0 Å². The second-order valence-corrected chi connectivity index (χ2v) is 12.8. The summed E-state index contributed by atoms with van der Waals surface area (Å²) in [4.78, 5) is 0. The van der Waals surface area contributed by atoms with Gasteiger partial charge in [0, 0.05) is 5.57 Å². The molecule has 0 saturated heterocycles. The maximum Gasteiger partial charge on any atom is 0.412 e. The van der Waals surface area contributed by atoms with Crippen LogP contribution in [0.3, 0.4) is 0 Å². The third kappa shape index (κ3) is 4.29. The van der Waals surface area contributed by atoms with Gasteiger partial charge in [0.25, 0.3) is 0 Å². The number of allylic oxidation sites excluding steroid dienone is 2. The Labute approximate surface area is 155 Å². The number of hydrogen-bond acceptors (Lipinski definition) is 0.